The fourth-order valence-electron chi connectivity index (χ4n) is 7.79. The molecular formula is C49H42F2N4O. The van der Waals surface area contributed by atoms with Gasteiger partial charge in [0, 0.05) is 47.8 Å². The van der Waals surface area contributed by atoms with E-state index in [0.29, 0.717) is 29.3 Å². The highest BCUT2D eigenvalue weighted by Gasteiger charge is 2.30. The lowest BCUT2D eigenvalue weighted by molar-refractivity contribution is 0.482. The van der Waals surface area contributed by atoms with Crippen molar-refractivity contribution in [2.45, 2.75) is 45.9 Å². The molecule has 0 saturated carbocycles. The minimum atomic E-state index is -0.929. The van der Waals surface area contributed by atoms with Crippen molar-refractivity contribution in [2.24, 2.45) is 0 Å². The van der Waals surface area contributed by atoms with Gasteiger partial charge >= 0.3 is 0 Å². The number of para-hydroxylation sites is 4. The van der Waals surface area contributed by atoms with Crippen LogP contribution in [0.1, 0.15) is 53.0 Å². The SMILES string of the molecule is [2H]C(C)(C)c1cc(Oc2ccc3c4ccccc4n(-c4cc(C(C)(C)C)ccn4)c3c2)cc(N2CN(c3ccccc3-c3cc(F)cc(F)c3)c3ccccc32)c1. The molecule has 0 bridgehead atoms. The topological polar surface area (TPSA) is 33.5 Å². The molecule has 0 fully saturated rings. The van der Waals surface area contributed by atoms with Crippen LogP contribution in [-0.2, 0) is 5.41 Å². The Morgan fingerprint density at radius 2 is 1.34 bits per heavy atom. The third kappa shape index (κ3) is 6.33. The van der Waals surface area contributed by atoms with E-state index in [1.54, 1.807) is 0 Å². The van der Waals surface area contributed by atoms with Gasteiger partial charge in [-0.1, -0.05) is 83.1 Å². The predicted octanol–water partition coefficient (Wildman–Crippen LogP) is 13.6. The number of halogens is 2. The molecule has 0 unspecified atom stereocenters. The predicted molar refractivity (Wildman–Crippen MR) is 225 cm³/mol. The van der Waals surface area contributed by atoms with Crippen molar-refractivity contribution in [3.05, 3.63) is 168 Å². The number of hydrogen-bond acceptors (Lipinski definition) is 4. The number of aromatic nitrogens is 2. The van der Waals surface area contributed by atoms with Crippen molar-refractivity contribution in [1.29, 1.82) is 0 Å². The summed E-state index contributed by atoms with van der Waals surface area (Å²) in [5.41, 5.74) is 8.73. The molecular weight excluding hydrogens is 699 g/mol. The molecule has 0 N–H and O–H groups in total. The van der Waals surface area contributed by atoms with E-state index in [1.807, 2.05) is 86.8 Å². The van der Waals surface area contributed by atoms with Crippen molar-refractivity contribution in [3.8, 4) is 28.4 Å². The first-order valence-electron chi connectivity index (χ1n) is 19.3. The number of hydrogen-bond donors (Lipinski definition) is 0. The van der Waals surface area contributed by atoms with Gasteiger partial charge in [-0.2, -0.15) is 0 Å². The Bertz CT molecular complexity index is 2820. The van der Waals surface area contributed by atoms with E-state index in [-0.39, 0.29) is 5.41 Å². The lowest BCUT2D eigenvalue weighted by Crippen LogP contribution is -2.24. The summed E-state index contributed by atoms with van der Waals surface area (Å²) in [5, 5.41) is 2.22. The Morgan fingerprint density at radius 1 is 0.661 bits per heavy atom. The summed E-state index contributed by atoms with van der Waals surface area (Å²) in [6.45, 7) is 10.8. The molecule has 9 rings (SSSR count). The number of anilines is 4. The van der Waals surface area contributed by atoms with Crippen molar-refractivity contribution in [2.75, 3.05) is 16.5 Å². The second-order valence-corrected chi connectivity index (χ2v) is 15.7. The average molecular weight is 742 g/mol. The Hall–Kier alpha value is -6.47. The number of fused-ring (bicyclic) bond motifs is 4. The van der Waals surface area contributed by atoms with Crippen LogP contribution in [0.3, 0.4) is 0 Å². The zero-order chi connectivity index (χ0) is 39.6. The molecule has 7 heteroatoms. The Morgan fingerprint density at radius 3 is 2.09 bits per heavy atom. The molecule has 3 heterocycles. The molecule has 1 aliphatic heterocycles. The summed E-state index contributed by atoms with van der Waals surface area (Å²) in [5.74, 6) is -0.0858. The third-order valence-electron chi connectivity index (χ3n) is 10.6. The average Bonchev–Trinajstić information content (AvgIpc) is 3.73. The Kier molecular flexibility index (Phi) is 8.32. The van der Waals surface area contributed by atoms with Crippen molar-refractivity contribution in [3.63, 3.8) is 0 Å². The molecule has 278 valence electrons. The molecule has 8 aromatic rings. The first-order chi connectivity index (χ1) is 27.3. The van der Waals surface area contributed by atoms with Crippen LogP contribution >= 0.6 is 0 Å². The number of rotatable bonds is 7. The van der Waals surface area contributed by atoms with Gasteiger partial charge in [-0.15, -0.1) is 0 Å². The van der Waals surface area contributed by atoms with E-state index >= 15 is 0 Å². The molecule has 0 amide bonds. The van der Waals surface area contributed by atoms with Crippen LogP contribution < -0.4 is 14.5 Å². The smallest absolute Gasteiger partial charge is 0.137 e. The summed E-state index contributed by atoms with van der Waals surface area (Å²) in [7, 11) is 0. The van der Waals surface area contributed by atoms with Crippen LogP contribution in [-0.4, -0.2) is 16.2 Å². The summed E-state index contributed by atoms with van der Waals surface area (Å²) in [6, 6.07) is 44.2. The third-order valence-corrected chi connectivity index (χ3v) is 10.6. The van der Waals surface area contributed by atoms with E-state index in [2.05, 4.69) is 89.7 Å². The van der Waals surface area contributed by atoms with Crippen molar-refractivity contribution >= 4 is 44.6 Å². The highest BCUT2D eigenvalue weighted by atomic mass is 19.1. The van der Waals surface area contributed by atoms with E-state index in [9.17, 15) is 8.78 Å². The van der Waals surface area contributed by atoms with E-state index in [1.165, 1.54) is 17.7 Å². The molecule has 0 radical (unpaired) electrons. The second-order valence-electron chi connectivity index (χ2n) is 15.7. The standard InChI is InChI=1S/C49H42F2N4O/c1-31(2)32-24-37(53-30-54(46-17-11-10-16-45(46)53)43-14-8-6-12-40(43)33-22-35(50)27-36(51)23-33)28-39(25-32)56-38-18-19-42-41-13-7-9-15-44(41)55(47(42)29-38)48-26-34(20-21-52-48)49(3,4)5/h6-29,31H,30H2,1-5H3/i31D. The molecule has 0 saturated heterocycles. The summed E-state index contributed by atoms with van der Waals surface area (Å²) in [6.07, 6.45) is 1.88. The van der Waals surface area contributed by atoms with Gasteiger partial charge in [-0.25, -0.2) is 13.8 Å². The Labute approximate surface area is 327 Å². The lowest BCUT2D eigenvalue weighted by Gasteiger charge is -2.25. The monoisotopic (exact) mass is 741 g/mol. The van der Waals surface area contributed by atoms with Gasteiger partial charge in [-0.05, 0) is 101 Å². The van der Waals surface area contributed by atoms with Crippen LogP contribution in [0, 0.1) is 11.6 Å². The van der Waals surface area contributed by atoms with Crippen LogP contribution in [0.2, 0.25) is 0 Å². The first-order valence-corrected chi connectivity index (χ1v) is 18.8. The van der Waals surface area contributed by atoms with Gasteiger partial charge in [0.1, 0.15) is 35.6 Å². The fraction of sp³-hybridized carbons (Fsp3) is 0.163. The number of nitrogens with zero attached hydrogens (tertiary/aromatic N) is 4. The lowest BCUT2D eigenvalue weighted by atomic mass is 9.88. The molecule has 56 heavy (non-hydrogen) atoms. The fourth-order valence-corrected chi connectivity index (χ4v) is 7.79. The van der Waals surface area contributed by atoms with Gasteiger partial charge in [0.05, 0.1) is 28.1 Å². The van der Waals surface area contributed by atoms with Crippen molar-refractivity contribution < 1.29 is 14.9 Å². The van der Waals surface area contributed by atoms with Crippen molar-refractivity contribution in [1.82, 2.24) is 9.55 Å². The van der Waals surface area contributed by atoms with Gasteiger partial charge < -0.3 is 14.5 Å². The number of benzene rings is 6. The summed E-state index contributed by atoms with van der Waals surface area (Å²) in [4.78, 5) is 9.18. The highest BCUT2D eigenvalue weighted by Crippen LogP contribution is 2.48. The highest BCUT2D eigenvalue weighted by molar-refractivity contribution is 6.09. The van der Waals surface area contributed by atoms with Gasteiger partial charge in [-0.3, -0.25) is 4.57 Å². The maximum Gasteiger partial charge on any atom is 0.137 e. The molecule has 0 atom stereocenters. The first kappa shape index (κ1) is 34.1. The van der Waals surface area contributed by atoms with Gasteiger partial charge in [0.2, 0.25) is 0 Å². The van der Waals surface area contributed by atoms with E-state index in [4.69, 9.17) is 11.1 Å². The zero-order valence-electron chi connectivity index (χ0n) is 33.0. The molecule has 1 aliphatic rings. The summed E-state index contributed by atoms with van der Waals surface area (Å²) >= 11 is 0. The number of pyridine rings is 1. The zero-order valence-corrected chi connectivity index (χ0v) is 32.0. The molecule has 0 aliphatic carbocycles. The largest absolute Gasteiger partial charge is 0.457 e. The normalized spacial score (nSPS) is 13.4. The molecule has 0 spiro atoms. The van der Waals surface area contributed by atoms with E-state index < -0.39 is 17.5 Å². The summed E-state index contributed by atoms with van der Waals surface area (Å²) < 4.78 is 47.0. The maximum absolute atomic E-state index is 14.5. The minimum Gasteiger partial charge on any atom is -0.457 e. The molecule has 6 aromatic carbocycles. The molecule has 2 aromatic heterocycles. The van der Waals surface area contributed by atoms with E-state index in [0.717, 1.165) is 62.0 Å². The van der Waals surface area contributed by atoms with Crippen LogP contribution in [0.5, 0.6) is 11.5 Å². The molecule has 5 nitrogen and oxygen atoms in total. The number of ether oxygens (including phenoxy) is 1. The quantitative estimate of drug-likeness (QED) is 0.163. The van der Waals surface area contributed by atoms with Crippen LogP contribution in [0.15, 0.2) is 146 Å². The second kappa shape index (κ2) is 13.7. The van der Waals surface area contributed by atoms with Gasteiger partial charge in [0.15, 0.2) is 0 Å². The Balaban J connectivity index is 1.13. The van der Waals surface area contributed by atoms with Crippen LogP contribution in [0.25, 0.3) is 38.8 Å². The minimum absolute atomic E-state index is 0.0456. The maximum atomic E-state index is 14.5. The van der Waals surface area contributed by atoms with Gasteiger partial charge in [0.25, 0.3) is 0 Å². The van der Waals surface area contributed by atoms with Crippen LogP contribution in [0.4, 0.5) is 31.5 Å².